The number of amides is 1. The Morgan fingerprint density at radius 3 is 2.25 bits per heavy atom. The van der Waals surface area contributed by atoms with Crippen molar-refractivity contribution >= 4 is 29.2 Å². The fraction of sp³-hybridized carbons (Fsp3) is 0.667. The van der Waals surface area contributed by atoms with Crippen LogP contribution in [0, 0.1) is 11.8 Å². The number of nitrogens with two attached hydrogens (primary N) is 1. The highest BCUT2D eigenvalue weighted by Gasteiger charge is 2.35. The third-order valence-electron chi connectivity index (χ3n) is 2.73. The van der Waals surface area contributed by atoms with Gasteiger partial charge in [0.05, 0.1) is 11.8 Å². The van der Waals surface area contributed by atoms with Crippen molar-refractivity contribution in [3.8, 4) is 0 Å². The van der Waals surface area contributed by atoms with Crippen LogP contribution in [0.15, 0.2) is 0 Å². The number of hydrogen-bond donors (Lipinski definition) is 4. The van der Waals surface area contributed by atoms with Crippen molar-refractivity contribution in [2.24, 2.45) is 17.6 Å². The van der Waals surface area contributed by atoms with E-state index in [4.69, 9.17) is 10.8 Å². The number of hydrogen-bond acceptors (Lipinski definition) is 3. The van der Waals surface area contributed by atoms with E-state index < -0.39 is 17.8 Å². The molecule has 90 valence electrons. The number of carboxylic acids is 1. The molecule has 0 heterocycles. The highest BCUT2D eigenvalue weighted by molar-refractivity contribution is 7.80. The van der Waals surface area contributed by atoms with Crippen molar-refractivity contribution in [3.63, 3.8) is 0 Å². The number of carbonyl (C=O) groups excluding carboxylic acids is 1. The largest absolute Gasteiger partial charge is 0.481 e. The molecule has 1 aliphatic carbocycles. The van der Waals surface area contributed by atoms with Crippen molar-refractivity contribution in [2.75, 3.05) is 0 Å². The summed E-state index contributed by atoms with van der Waals surface area (Å²) in [6, 6.07) is 0. The third-order valence-corrected chi connectivity index (χ3v) is 2.83. The van der Waals surface area contributed by atoms with Gasteiger partial charge < -0.3 is 10.8 Å². The van der Waals surface area contributed by atoms with Gasteiger partial charge in [-0.3, -0.25) is 20.4 Å². The van der Waals surface area contributed by atoms with Crippen LogP contribution in [0.1, 0.15) is 25.7 Å². The molecular formula is C9H15N3O3S. The maximum atomic E-state index is 11.7. The van der Waals surface area contributed by atoms with Crippen molar-refractivity contribution in [3.05, 3.63) is 0 Å². The lowest BCUT2D eigenvalue weighted by Crippen LogP contribution is -2.49. The first-order valence-corrected chi connectivity index (χ1v) is 5.51. The smallest absolute Gasteiger partial charge is 0.307 e. The first kappa shape index (κ1) is 12.7. The number of nitrogens with one attached hydrogen (secondary N) is 2. The van der Waals surface area contributed by atoms with Gasteiger partial charge in [0, 0.05) is 0 Å². The zero-order chi connectivity index (χ0) is 12.1. The molecule has 7 heteroatoms. The molecular weight excluding hydrogens is 230 g/mol. The summed E-state index contributed by atoms with van der Waals surface area (Å²) >= 11 is 4.53. The summed E-state index contributed by atoms with van der Waals surface area (Å²) in [6.45, 7) is 0. The number of carbonyl (C=O) groups is 2. The Morgan fingerprint density at radius 1 is 1.19 bits per heavy atom. The second-order valence-electron chi connectivity index (χ2n) is 3.81. The molecule has 0 aromatic rings. The molecule has 1 rings (SSSR count). The molecule has 1 unspecified atom stereocenters. The number of hydrazine groups is 1. The highest BCUT2D eigenvalue weighted by atomic mass is 32.1. The van der Waals surface area contributed by atoms with Gasteiger partial charge in [0.1, 0.15) is 0 Å². The summed E-state index contributed by atoms with van der Waals surface area (Å²) in [6.07, 6.45) is 2.85. The van der Waals surface area contributed by atoms with Crippen molar-refractivity contribution < 1.29 is 14.7 Å². The van der Waals surface area contributed by atoms with Crippen LogP contribution in [-0.2, 0) is 9.59 Å². The lowest BCUT2D eigenvalue weighted by atomic mass is 9.79. The molecule has 5 N–H and O–H groups in total. The first-order valence-electron chi connectivity index (χ1n) is 5.10. The minimum Gasteiger partial charge on any atom is -0.481 e. The van der Waals surface area contributed by atoms with E-state index in [1.165, 1.54) is 0 Å². The fourth-order valence-electron chi connectivity index (χ4n) is 1.96. The summed E-state index contributed by atoms with van der Waals surface area (Å²) in [7, 11) is 0. The quantitative estimate of drug-likeness (QED) is 0.395. The summed E-state index contributed by atoms with van der Waals surface area (Å²) in [5.41, 5.74) is 9.79. The summed E-state index contributed by atoms with van der Waals surface area (Å²) < 4.78 is 0. The number of thiocarbonyl (C=S) groups is 1. The van der Waals surface area contributed by atoms with Crippen molar-refractivity contribution in [2.45, 2.75) is 25.7 Å². The number of aliphatic carboxylic acids is 1. The average Bonchev–Trinajstić information content (AvgIpc) is 2.25. The zero-order valence-corrected chi connectivity index (χ0v) is 9.55. The van der Waals surface area contributed by atoms with Crippen molar-refractivity contribution in [1.82, 2.24) is 10.9 Å². The number of rotatable bonds is 2. The third kappa shape index (κ3) is 3.34. The van der Waals surface area contributed by atoms with Crippen LogP contribution in [0.2, 0.25) is 0 Å². The fourth-order valence-corrected chi connectivity index (χ4v) is 2.01. The van der Waals surface area contributed by atoms with Crippen LogP contribution in [0.5, 0.6) is 0 Å². The van der Waals surface area contributed by atoms with Crippen LogP contribution in [-0.4, -0.2) is 22.1 Å². The van der Waals surface area contributed by atoms with Crippen molar-refractivity contribution in [1.29, 1.82) is 0 Å². The van der Waals surface area contributed by atoms with Crippen LogP contribution in [0.3, 0.4) is 0 Å². The normalized spacial score (nSPS) is 24.5. The lowest BCUT2D eigenvalue weighted by molar-refractivity contribution is -0.149. The molecule has 6 nitrogen and oxygen atoms in total. The Hall–Kier alpha value is -1.37. The van der Waals surface area contributed by atoms with Gasteiger partial charge in [0.2, 0.25) is 5.91 Å². The molecule has 1 aliphatic rings. The molecule has 16 heavy (non-hydrogen) atoms. The molecule has 0 aliphatic heterocycles. The van der Waals surface area contributed by atoms with Crippen LogP contribution < -0.4 is 16.6 Å². The van der Waals surface area contributed by atoms with E-state index in [1.54, 1.807) is 0 Å². The average molecular weight is 245 g/mol. The number of carboxylic acid groups (broad SMARTS) is 1. The zero-order valence-electron chi connectivity index (χ0n) is 8.73. The first-order chi connectivity index (χ1) is 7.52. The summed E-state index contributed by atoms with van der Waals surface area (Å²) in [4.78, 5) is 22.6. The molecule has 0 saturated heterocycles. The topological polar surface area (TPSA) is 104 Å². The Kier molecular flexibility index (Phi) is 4.48. The molecule has 1 fully saturated rings. The molecule has 0 aromatic heterocycles. The SMILES string of the molecule is NC(=S)NNC(=O)C1CCCC[C@@H]1C(=O)O. The Morgan fingerprint density at radius 2 is 1.75 bits per heavy atom. The highest BCUT2D eigenvalue weighted by Crippen LogP contribution is 2.30. The Labute approximate surface area is 98.5 Å². The second kappa shape index (κ2) is 5.64. The van der Waals surface area contributed by atoms with Gasteiger partial charge in [-0.1, -0.05) is 12.8 Å². The standard InChI is InChI=1S/C9H15N3O3S/c10-9(16)12-11-7(13)5-3-1-2-4-6(5)8(14)15/h5-6H,1-4H2,(H,11,13)(H,14,15)(H3,10,12,16)/t5?,6-/m0/s1. The van der Waals surface area contributed by atoms with E-state index in [2.05, 4.69) is 23.1 Å². The maximum absolute atomic E-state index is 11.7. The van der Waals surface area contributed by atoms with Gasteiger partial charge >= 0.3 is 5.97 Å². The molecule has 0 radical (unpaired) electrons. The van der Waals surface area contributed by atoms with Gasteiger partial charge in [-0.25, -0.2) is 0 Å². The van der Waals surface area contributed by atoms with Crippen LogP contribution in [0.25, 0.3) is 0 Å². The van der Waals surface area contributed by atoms with E-state index in [1.807, 2.05) is 0 Å². The Balaban J connectivity index is 2.57. The minimum absolute atomic E-state index is 0.0453. The molecule has 0 bridgehead atoms. The van der Waals surface area contributed by atoms with Gasteiger partial charge in [-0.2, -0.15) is 0 Å². The molecule has 1 saturated carbocycles. The lowest BCUT2D eigenvalue weighted by Gasteiger charge is -2.27. The van der Waals surface area contributed by atoms with E-state index in [0.717, 1.165) is 12.8 Å². The van der Waals surface area contributed by atoms with Crippen LogP contribution in [0.4, 0.5) is 0 Å². The minimum atomic E-state index is -0.921. The van der Waals surface area contributed by atoms with E-state index in [-0.39, 0.29) is 11.0 Å². The van der Waals surface area contributed by atoms with E-state index in [9.17, 15) is 9.59 Å². The van der Waals surface area contributed by atoms with Gasteiger partial charge in [-0.05, 0) is 25.1 Å². The monoisotopic (exact) mass is 245 g/mol. The molecule has 0 spiro atoms. The summed E-state index contributed by atoms with van der Waals surface area (Å²) in [5.74, 6) is -2.40. The molecule has 0 aromatic carbocycles. The second-order valence-corrected chi connectivity index (χ2v) is 4.25. The van der Waals surface area contributed by atoms with E-state index in [0.29, 0.717) is 12.8 Å². The summed E-state index contributed by atoms with van der Waals surface area (Å²) in [5, 5.41) is 8.94. The molecule has 2 atom stereocenters. The van der Waals surface area contributed by atoms with Gasteiger partial charge in [0.15, 0.2) is 5.11 Å². The van der Waals surface area contributed by atoms with Crippen LogP contribution >= 0.6 is 12.2 Å². The maximum Gasteiger partial charge on any atom is 0.307 e. The predicted molar refractivity (Wildman–Crippen MR) is 61.1 cm³/mol. The van der Waals surface area contributed by atoms with Gasteiger partial charge in [-0.15, -0.1) is 0 Å². The Bertz CT molecular complexity index is 308. The predicted octanol–water partition coefficient (Wildman–Crippen LogP) is -0.258. The molecule has 1 amide bonds. The van der Waals surface area contributed by atoms with E-state index >= 15 is 0 Å². The van der Waals surface area contributed by atoms with Gasteiger partial charge in [0.25, 0.3) is 0 Å².